The lowest BCUT2D eigenvalue weighted by Crippen LogP contribution is -2.31. The van der Waals surface area contributed by atoms with Crippen molar-refractivity contribution in [1.82, 2.24) is 10.4 Å². The Balaban J connectivity index is 2.19. The van der Waals surface area contributed by atoms with Crippen LogP contribution in [0.5, 0.6) is 0 Å². The van der Waals surface area contributed by atoms with Crippen LogP contribution >= 0.6 is 0 Å². The van der Waals surface area contributed by atoms with Gasteiger partial charge in [0, 0.05) is 19.2 Å². The van der Waals surface area contributed by atoms with Crippen LogP contribution in [0.15, 0.2) is 60.8 Å². The summed E-state index contributed by atoms with van der Waals surface area (Å²) in [5.74, 6) is -0.434. The van der Waals surface area contributed by atoms with E-state index >= 15 is 0 Å². The van der Waals surface area contributed by atoms with Gasteiger partial charge in [-0.2, -0.15) is 18.4 Å². The third kappa shape index (κ3) is 6.36. The predicted molar refractivity (Wildman–Crippen MR) is 106 cm³/mol. The smallest absolute Gasteiger partial charge is 0.349 e. The normalized spacial score (nSPS) is 12.0. The average molecular weight is 417 g/mol. The van der Waals surface area contributed by atoms with Gasteiger partial charge < -0.3 is 5.32 Å². The SMILES string of the molecule is C=C(CC(NC(=O)Cc1cccc(C(F)(F)F)c1)c1ccc(C#N)cc1)N(C)OC. The fraction of sp³-hybridized carbons (Fsp3) is 0.273. The van der Waals surface area contributed by atoms with Crippen LogP contribution in [0.4, 0.5) is 13.2 Å². The molecule has 30 heavy (non-hydrogen) atoms. The molecule has 1 atom stereocenters. The van der Waals surface area contributed by atoms with E-state index in [1.165, 1.54) is 24.3 Å². The lowest BCUT2D eigenvalue weighted by Gasteiger charge is -2.25. The first-order chi connectivity index (χ1) is 14.1. The Bertz CT molecular complexity index is 934. The topological polar surface area (TPSA) is 65.4 Å². The van der Waals surface area contributed by atoms with E-state index in [0.717, 1.165) is 17.7 Å². The quantitative estimate of drug-likeness (QED) is 0.648. The van der Waals surface area contributed by atoms with E-state index in [2.05, 4.69) is 11.9 Å². The van der Waals surface area contributed by atoms with Crippen molar-refractivity contribution in [3.63, 3.8) is 0 Å². The number of hydrogen-bond donors (Lipinski definition) is 1. The second kappa shape index (κ2) is 9.94. The summed E-state index contributed by atoms with van der Waals surface area (Å²) in [6, 6.07) is 12.9. The molecular formula is C22H22F3N3O2. The van der Waals surface area contributed by atoms with Gasteiger partial charge >= 0.3 is 6.18 Å². The van der Waals surface area contributed by atoms with Crippen molar-refractivity contribution < 1.29 is 22.8 Å². The highest BCUT2D eigenvalue weighted by Gasteiger charge is 2.30. The van der Waals surface area contributed by atoms with Gasteiger partial charge in [0.1, 0.15) is 0 Å². The first-order valence-electron chi connectivity index (χ1n) is 9.05. The lowest BCUT2D eigenvalue weighted by molar-refractivity contribution is -0.137. The van der Waals surface area contributed by atoms with Gasteiger partial charge in [-0.15, -0.1) is 0 Å². The van der Waals surface area contributed by atoms with E-state index in [1.54, 1.807) is 31.3 Å². The minimum absolute atomic E-state index is 0.205. The summed E-state index contributed by atoms with van der Waals surface area (Å²) in [6.07, 6.45) is -4.37. The number of alkyl halides is 3. The molecule has 0 saturated heterocycles. The average Bonchev–Trinajstić information content (AvgIpc) is 2.72. The molecule has 8 heteroatoms. The number of nitriles is 1. The largest absolute Gasteiger partial charge is 0.416 e. The number of rotatable bonds is 8. The third-order valence-electron chi connectivity index (χ3n) is 4.56. The zero-order valence-corrected chi connectivity index (χ0v) is 16.7. The van der Waals surface area contributed by atoms with Gasteiger partial charge in [0.25, 0.3) is 0 Å². The maximum absolute atomic E-state index is 12.9. The van der Waals surface area contributed by atoms with Crippen molar-refractivity contribution in [2.45, 2.75) is 25.1 Å². The molecule has 0 heterocycles. The molecular weight excluding hydrogens is 395 g/mol. The minimum Gasteiger partial charge on any atom is -0.349 e. The van der Waals surface area contributed by atoms with E-state index in [-0.39, 0.29) is 12.0 Å². The summed E-state index contributed by atoms with van der Waals surface area (Å²) in [5.41, 5.74) is 1.25. The predicted octanol–water partition coefficient (Wildman–Crippen LogP) is 4.37. The summed E-state index contributed by atoms with van der Waals surface area (Å²) in [6.45, 7) is 3.93. The maximum atomic E-state index is 12.9. The highest BCUT2D eigenvalue weighted by Crippen LogP contribution is 2.29. The zero-order chi connectivity index (χ0) is 22.3. The summed E-state index contributed by atoms with van der Waals surface area (Å²) in [4.78, 5) is 17.7. The van der Waals surface area contributed by atoms with Crippen molar-refractivity contribution in [3.05, 3.63) is 83.1 Å². The molecule has 0 aliphatic heterocycles. The number of halogens is 3. The van der Waals surface area contributed by atoms with Gasteiger partial charge in [0.05, 0.1) is 36.8 Å². The number of carbonyl (C=O) groups excluding carboxylic acids is 1. The Morgan fingerprint density at radius 2 is 1.93 bits per heavy atom. The molecule has 1 N–H and O–H groups in total. The van der Waals surface area contributed by atoms with Gasteiger partial charge in [-0.05, 0) is 29.3 Å². The fourth-order valence-corrected chi connectivity index (χ4v) is 2.82. The second-order valence-electron chi connectivity index (χ2n) is 6.68. The number of amides is 1. The van der Waals surface area contributed by atoms with Gasteiger partial charge in [-0.3, -0.25) is 14.7 Å². The molecule has 1 amide bonds. The molecule has 0 bridgehead atoms. The van der Waals surface area contributed by atoms with Crippen molar-refractivity contribution in [1.29, 1.82) is 5.26 Å². The molecule has 0 saturated carbocycles. The van der Waals surface area contributed by atoms with E-state index in [0.29, 0.717) is 17.7 Å². The monoisotopic (exact) mass is 417 g/mol. The highest BCUT2D eigenvalue weighted by atomic mass is 19.4. The Kier molecular flexibility index (Phi) is 7.61. The van der Waals surface area contributed by atoms with Crippen LogP contribution < -0.4 is 5.32 Å². The van der Waals surface area contributed by atoms with Crippen LogP contribution in [-0.4, -0.2) is 25.1 Å². The van der Waals surface area contributed by atoms with E-state index in [4.69, 9.17) is 10.1 Å². The molecule has 2 rings (SSSR count). The van der Waals surface area contributed by atoms with Gasteiger partial charge in [0.15, 0.2) is 0 Å². The van der Waals surface area contributed by atoms with E-state index in [1.807, 2.05) is 6.07 Å². The standard InChI is InChI=1S/C22H22F3N3O2/c1-15(28(2)30-3)11-20(18-9-7-16(14-26)8-10-18)27-21(29)13-17-5-4-6-19(12-17)22(23,24)25/h4-10,12,20H,1,11,13H2,2-3H3,(H,27,29). The molecule has 0 fully saturated rings. The van der Waals surface area contributed by atoms with Gasteiger partial charge in [0.2, 0.25) is 5.91 Å². The number of benzene rings is 2. The zero-order valence-electron chi connectivity index (χ0n) is 16.7. The van der Waals surface area contributed by atoms with Crippen LogP contribution in [0.2, 0.25) is 0 Å². The third-order valence-corrected chi connectivity index (χ3v) is 4.56. The molecule has 1 unspecified atom stereocenters. The van der Waals surface area contributed by atoms with Gasteiger partial charge in [-0.25, -0.2) is 0 Å². The highest BCUT2D eigenvalue weighted by molar-refractivity contribution is 5.79. The second-order valence-corrected chi connectivity index (χ2v) is 6.68. The molecule has 2 aromatic rings. The Labute approximate surface area is 173 Å². The van der Waals surface area contributed by atoms with Crippen LogP contribution in [0.1, 0.15) is 34.7 Å². The van der Waals surface area contributed by atoms with Crippen LogP contribution in [0.3, 0.4) is 0 Å². The first kappa shape index (κ1) is 23.0. The molecule has 0 radical (unpaired) electrons. The van der Waals surface area contributed by atoms with Gasteiger partial charge in [-0.1, -0.05) is 36.9 Å². The number of nitrogens with zero attached hydrogens (tertiary/aromatic N) is 2. The molecule has 5 nitrogen and oxygen atoms in total. The van der Waals surface area contributed by atoms with E-state index < -0.39 is 23.7 Å². The Hall–Kier alpha value is -3.31. The van der Waals surface area contributed by atoms with E-state index in [9.17, 15) is 18.0 Å². The molecule has 0 aliphatic rings. The molecule has 2 aromatic carbocycles. The van der Waals surface area contributed by atoms with Crippen LogP contribution in [-0.2, 0) is 22.2 Å². The maximum Gasteiger partial charge on any atom is 0.416 e. The number of hydroxylamine groups is 2. The Morgan fingerprint density at radius 1 is 1.27 bits per heavy atom. The van der Waals surface area contributed by atoms with Crippen LogP contribution in [0, 0.1) is 11.3 Å². The fourth-order valence-electron chi connectivity index (χ4n) is 2.82. The lowest BCUT2D eigenvalue weighted by atomic mass is 10.00. The number of hydrogen-bond acceptors (Lipinski definition) is 4. The summed E-state index contributed by atoms with van der Waals surface area (Å²) in [5, 5.41) is 13.3. The molecule has 0 spiro atoms. The molecule has 158 valence electrons. The minimum atomic E-state index is -4.47. The number of nitrogens with one attached hydrogen (secondary N) is 1. The summed E-state index contributed by atoms with van der Waals surface area (Å²) in [7, 11) is 3.15. The van der Waals surface area contributed by atoms with Crippen LogP contribution in [0.25, 0.3) is 0 Å². The first-order valence-corrected chi connectivity index (χ1v) is 9.05. The van der Waals surface area contributed by atoms with Crippen molar-refractivity contribution in [2.24, 2.45) is 0 Å². The Morgan fingerprint density at radius 3 is 2.50 bits per heavy atom. The molecule has 0 aromatic heterocycles. The van der Waals surface area contributed by atoms with Crippen molar-refractivity contribution >= 4 is 5.91 Å². The summed E-state index contributed by atoms with van der Waals surface area (Å²) < 4.78 is 38.7. The summed E-state index contributed by atoms with van der Waals surface area (Å²) >= 11 is 0. The van der Waals surface area contributed by atoms with Crippen molar-refractivity contribution in [2.75, 3.05) is 14.2 Å². The van der Waals surface area contributed by atoms with Crippen molar-refractivity contribution in [3.8, 4) is 6.07 Å². The molecule has 0 aliphatic carbocycles. The number of carbonyl (C=O) groups is 1.